The summed E-state index contributed by atoms with van der Waals surface area (Å²) in [5.74, 6) is 0.416. The van der Waals surface area contributed by atoms with E-state index >= 15 is 0 Å². The van der Waals surface area contributed by atoms with Gasteiger partial charge in [-0.25, -0.2) is 15.0 Å². The molecule has 3 aromatic heterocycles. The van der Waals surface area contributed by atoms with Gasteiger partial charge in [-0.2, -0.15) is 13.2 Å². The summed E-state index contributed by atoms with van der Waals surface area (Å²) in [6, 6.07) is 11.9. The molecule has 0 bridgehead atoms. The molecule has 2 N–H and O–H groups in total. The molecule has 0 unspecified atom stereocenters. The SMILES string of the molecule is Cc1cn(-c2cc(CC(=O)Nc3ccc(Oc4ncnc5[nH]ccc45)cc3)cc(C(F)(F)F)c2)cn1. The van der Waals surface area contributed by atoms with E-state index in [1.807, 2.05) is 0 Å². The van der Waals surface area contributed by atoms with E-state index in [9.17, 15) is 18.0 Å². The molecule has 8 nitrogen and oxygen atoms in total. The summed E-state index contributed by atoms with van der Waals surface area (Å²) >= 11 is 0. The van der Waals surface area contributed by atoms with Gasteiger partial charge in [-0.15, -0.1) is 0 Å². The van der Waals surface area contributed by atoms with Crippen LogP contribution >= 0.6 is 0 Å². The molecule has 0 radical (unpaired) electrons. The van der Waals surface area contributed by atoms with Crippen molar-refractivity contribution in [3.8, 4) is 17.3 Å². The lowest BCUT2D eigenvalue weighted by molar-refractivity contribution is -0.137. The molecule has 0 fully saturated rings. The molecule has 11 heteroatoms. The third-order valence-corrected chi connectivity index (χ3v) is 5.35. The lowest BCUT2D eigenvalue weighted by atomic mass is 10.1. The van der Waals surface area contributed by atoms with Gasteiger partial charge in [0, 0.05) is 23.8 Å². The molecule has 0 saturated carbocycles. The maximum atomic E-state index is 13.5. The van der Waals surface area contributed by atoms with E-state index in [1.165, 1.54) is 23.3 Å². The maximum absolute atomic E-state index is 13.5. The van der Waals surface area contributed by atoms with E-state index in [1.54, 1.807) is 49.6 Å². The number of imidazole rings is 1. The molecular weight excluding hydrogens is 473 g/mol. The molecule has 0 aliphatic heterocycles. The minimum Gasteiger partial charge on any atom is -0.438 e. The number of alkyl halides is 3. The Labute approximate surface area is 202 Å². The third-order valence-electron chi connectivity index (χ3n) is 5.35. The molecule has 0 aliphatic carbocycles. The van der Waals surface area contributed by atoms with Crippen LogP contribution in [0.2, 0.25) is 0 Å². The fraction of sp³-hybridized carbons (Fsp3) is 0.120. The molecule has 36 heavy (non-hydrogen) atoms. The van der Waals surface area contributed by atoms with E-state index in [-0.39, 0.29) is 17.7 Å². The van der Waals surface area contributed by atoms with Crippen molar-refractivity contribution in [3.05, 3.63) is 90.4 Å². The first-order chi connectivity index (χ1) is 17.2. The van der Waals surface area contributed by atoms with Gasteiger partial charge in [0.15, 0.2) is 0 Å². The van der Waals surface area contributed by atoms with Gasteiger partial charge in [0.2, 0.25) is 11.8 Å². The summed E-state index contributed by atoms with van der Waals surface area (Å²) in [6.07, 6.45) is 1.37. The highest BCUT2D eigenvalue weighted by Gasteiger charge is 2.31. The quantitative estimate of drug-likeness (QED) is 0.329. The van der Waals surface area contributed by atoms with Crippen molar-refractivity contribution in [2.75, 3.05) is 5.32 Å². The standard InChI is InChI=1S/C25H19F3N6O2/c1-15-12-34(14-32-15)19-9-16(8-17(11-19)25(26,27)28)10-22(35)33-18-2-4-20(5-3-18)36-24-21-6-7-29-23(21)30-13-31-24/h2-9,11-14H,10H2,1H3,(H,33,35)(H,29,30,31). The number of H-pyrrole nitrogens is 1. The highest BCUT2D eigenvalue weighted by atomic mass is 19.4. The van der Waals surface area contributed by atoms with Crippen molar-refractivity contribution < 1.29 is 22.7 Å². The fourth-order valence-electron chi connectivity index (χ4n) is 3.69. The lowest BCUT2D eigenvalue weighted by Gasteiger charge is -2.13. The number of carbonyl (C=O) groups excluding carboxylic acids is 1. The summed E-state index contributed by atoms with van der Waals surface area (Å²) in [5, 5.41) is 3.43. The minimum atomic E-state index is -4.55. The molecule has 5 rings (SSSR count). The molecule has 0 atom stereocenters. The number of nitrogens with one attached hydrogen (secondary N) is 2. The van der Waals surface area contributed by atoms with Crippen molar-refractivity contribution in [1.29, 1.82) is 0 Å². The van der Waals surface area contributed by atoms with Crippen LogP contribution in [0.25, 0.3) is 16.7 Å². The molecule has 182 valence electrons. The highest BCUT2D eigenvalue weighted by molar-refractivity contribution is 5.92. The minimum absolute atomic E-state index is 0.225. The largest absolute Gasteiger partial charge is 0.438 e. The van der Waals surface area contributed by atoms with Crippen LogP contribution in [0.5, 0.6) is 11.6 Å². The number of halogens is 3. The Bertz CT molecular complexity index is 1540. The second kappa shape index (κ2) is 9.17. The number of ether oxygens (including phenoxy) is 1. The number of hydrogen-bond donors (Lipinski definition) is 2. The fourth-order valence-corrected chi connectivity index (χ4v) is 3.69. The molecule has 0 aliphatic rings. The zero-order valence-corrected chi connectivity index (χ0v) is 18.9. The molecular formula is C25H19F3N6O2. The average molecular weight is 492 g/mol. The second-order valence-corrected chi connectivity index (χ2v) is 8.08. The number of anilines is 1. The van der Waals surface area contributed by atoms with Crippen molar-refractivity contribution in [1.82, 2.24) is 24.5 Å². The number of aryl methyl sites for hydroxylation is 1. The maximum Gasteiger partial charge on any atom is 0.416 e. The molecule has 5 aromatic rings. The lowest BCUT2D eigenvalue weighted by Crippen LogP contribution is -2.15. The number of aromatic nitrogens is 5. The van der Waals surface area contributed by atoms with Crippen LogP contribution in [0.3, 0.4) is 0 Å². The van der Waals surface area contributed by atoms with Gasteiger partial charge in [0.1, 0.15) is 17.7 Å². The Balaban J connectivity index is 1.29. The first kappa shape index (κ1) is 23.1. The molecule has 2 aromatic carbocycles. The van der Waals surface area contributed by atoms with E-state index < -0.39 is 17.6 Å². The number of nitrogens with zero attached hydrogens (tertiary/aromatic N) is 4. The number of aromatic amines is 1. The predicted octanol–water partition coefficient (Wildman–Crippen LogP) is 5.44. The van der Waals surface area contributed by atoms with Crippen molar-refractivity contribution in [2.45, 2.75) is 19.5 Å². The van der Waals surface area contributed by atoms with Crippen LogP contribution < -0.4 is 10.1 Å². The normalized spacial score (nSPS) is 11.6. The monoisotopic (exact) mass is 492 g/mol. The first-order valence-electron chi connectivity index (χ1n) is 10.8. The van der Waals surface area contributed by atoms with Crippen LogP contribution in [-0.4, -0.2) is 30.4 Å². The number of rotatable bonds is 6. The van der Waals surface area contributed by atoms with E-state index in [0.717, 1.165) is 17.5 Å². The Kier molecular flexibility index (Phi) is 5.88. The van der Waals surface area contributed by atoms with E-state index in [0.29, 0.717) is 28.7 Å². The van der Waals surface area contributed by atoms with Gasteiger partial charge in [-0.1, -0.05) is 0 Å². The van der Waals surface area contributed by atoms with Gasteiger partial charge < -0.3 is 19.6 Å². The van der Waals surface area contributed by atoms with Crippen LogP contribution in [0, 0.1) is 6.92 Å². The number of hydrogen-bond acceptors (Lipinski definition) is 5. The van der Waals surface area contributed by atoms with Crippen LogP contribution in [0.4, 0.5) is 18.9 Å². The summed E-state index contributed by atoms with van der Waals surface area (Å²) < 4.78 is 47.7. The Morgan fingerprint density at radius 1 is 1.08 bits per heavy atom. The summed E-state index contributed by atoms with van der Waals surface area (Å²) in [4.78, 5) is 27.9. The van der Waals surface area contributed by atoms with E-state index in [4.69, 9.17) is 4.74 Å². The van der Waals surface area contributed by atoms with Crippen molar-refractivity contribution >= 4 is 22.6 Å². The van der Waals surface area contributed by atoms with Crippen LogP contribution in [-0.2, 0) is 17.4 Å². The number of fused-ring (bicyclic) bond motifs is 1. The first-order valence-corrected chi connectivity index (χ1v) is 10.8. The smallest absolute Gasteiger partial charge is 0.416 e. The molecule has 1 amide bonds. The number of carbonyl (C=O) groups is 1. The molecule has 0 saturated heterocycles. The van der Waals surface area contributed by atoms with Crippen LogP contribution in [0.1, 0.15) is 16.8 Å². The van der Waals surface area contributed by atoms with Gasteiger partial charge in [-0.3, -0.25) is 4.79 Å². The Morgan fingerprint density at radius 3 is 2.61 bits per heavy atom. The third kappa shape index (κ3) is 5.04. The van der Waals surface area contributed by atoms with Crippen molar-refractivity contribution in [3.63, 3.8) is 0 Å². The number of benzene rings is 2. The Morgan fingerprint density at radius 2 is 1.89 bits per heavy atom. The second-order valence-electron chi connectivity index (χ2n) is 8.08. The topological polar surface area (TPSA) is 97.7 Å². The average Bonchev–Trinajstić information content (AvgIpc) is 3.49. The summed E-state index contributed by atoms with van der Waals surface area (Å²) in [6.45, 7) is 1.74. The molecule has 3 heterocycles. The van der Waals surface area contributed by atoms with Gasteiger partial charge in [0.25, 0.3) is 0 Å². The zero-order chi connectivity index (χ0) is 25.3. The number of amides is 1. The van der Waals surface area contributed by atoms with E-state index in [2.05, 4.69) is 25.3 Å². The van der Waals surface area contributed by atoms with Crippen LogP contribution in [0.15, 0.2) is 73.6 Å². The summed E-state index contributed by atoms with van der Waals surface area (Å²) in [7, 11) is 0. The Hall–Kier alpha value is -4.67. The molecule has 0 spiro atoms. The zero-order valence-electron chi connectivity index (χ0n) is 18.9. The van der Waals surface area contributed by atoms with Gasteiger partial charge in [-0.05, 0) is 61.0 Å². The van der Waals surface area contributed by atoms with Gasteiger partial charge >= 0.3 is 6.18 Å². The van der Waals surface area contributed by atoms with Gasteiger partial charge in [0.05, 0.1) is 29.4 Å². The summed E-state index contributed by atoms with van der Waals surface area (Å²) in [5.41, 5.74) is 1.44. The van der Waals surface area contributed by atoms with Crippen molar-refractivity contribution in [2.24, 2.45) is 0 Å². The predicted molar refractivity (Wildman–Crippen MR) is 126 cm³/mol. The highest BCUT2D eigenvalue weighted by Crippen LogP contribution is 2.32.